The Morgan fingerprint density at radius 1 is 1.17 bits per heavy atom. The largest absolute Gasteiger partial charge is 0.508 e. The number of benzene rings is 2. The molecule has 0 radical (unpaired) electrons. The Labute approximate surface area is 243 Å². The van der Waals surface area contributed by atoms with Crippen LogP contribution < -0.4 is 15.0 Å². The van der Waals surface area contributed by atoms with Crippen molar-refractivity contribution in [3.63, 3.8) is 0 Å². The van der Waals surface area contributed by atoms with Gasteiger partial charge in [-0.15, -0.1) is 6.42 Å². The Balaban J connectivity index is 1.20. The number of halogens is 1. The summed E-state index contributed by atoms with van der Waals surface area (Å²) >= 11 is 0. The number of nitrogens with one attached hydrogen (secondary N) is 1. The lowest BCUT2D eigenvalue weighted by Gasteiger charge is -2.33. The van der Waals surface area contributed by atoms with Crippen LogP contribution >= 0.6 is 0 Å². The molecule has 4 aromatic rings. The lowest BCUT2D eigenvalue weighted by molar-refractivity contribution is 0.111. The molecule has 2 aromatic carbocycles. The number of anilines is 1. The molecule has 0 amide bonds. The van der Waals surface area contributed by atoms with E-state index in [2.05, 4.69) is 21.0 Å². The predicted octanol–water partition coefficient (Wildman–Crippen LogP) is 3.61. The number of fused-ring (bicyclic) bond motifs is 5. The van der Waals surface area contributed by atoms with Crippen molar-refractivity contribution in [3.05, 3.63) is 47.8 Å². The number of imidazole rings is 1. The van der Waals surface area contributed by atoms with Crippen LogP contribution in [0.1, 0.15) is 43.2 Å². The number of phenolic OH excluding ortho intramolecular Hbond substituents is 1. The number of phenols is 1. The molecule has 0 aliphatic carbocycles. The van der Waals surface area contributed by atoms with Crippen LogP contribution in [0.25, 0.3) is 21.9 Å². The topological polar surface area (TPSA) is 91.6 Å². The third-order valence-electron chi connectivity index (χ3n) is 9.70. The molecule has 10 heteroatoms. The van der Waals surface area contributed by atoms with E-state index in [1.165, 1.54) is 0 Å². The molecule has 4 aliphatic rings. The molecule has 4 aliphatic heterocycles. The zero-order valence-electron chi connectivity index (χ0n) is 23.5. The standard InChI is InChI=1S/C32H34FN7O2/c1-2-20-5-3-6-21-11-26(41)12-22(27(20)21)14-39-19-34-28-29(39)36-31(38-16-24-7-8-25(17-38)35-24)37-30(28)42-18-32-9-4-10-40(32)15-23(33)13-32/h1,3,5-6,11-12,19,23-25,35,41H,4,7-10,13-18H2/t23-,24-,25+,32+/m1/s1. The lowest BCUT2D eigenvalue weighted by atomic mass is 9.95. The smallest absolute Gasteiger partial charge is 0.247 e. The van der Waals surface area contributed by atoms with Gasteiger partial charge in [0.1, 0.15) is 18.5 Å². The molecule has 42 heavy (non-hydrogen) atoms. The van der Waals surface area contributed by atoms with Crippen molar-refractivity contribution in [2.24, 2.45) is 0 Å². The molecule has 0 saturated carbocycles. The molecule has 6 heterocycles. The van der Waals surface area contributed by atoms with E-state index >= 15 is 0 Å². The first-order chi connectivity index (χ1) is 20.5. The van der Waals surface area contributed by atoms with E-state index in [0.717, 1.165) is 67.2 Å². The zero-order chi connectivity index (χ0) is 28.4. The van der Waals surface area contributed by atoms with Crippen molar-refractivity contribution < 1.29 is 14.2 Å². The monoisotopic (exact) mass is 567 g/mol. The summed E-state index contributed by atoms with van der Waals surface area (Å²) in [5.41, 5.74) is 2.59. The number of nitrogens with zero attached hydrogens (tertiary/aromatic N) is 6. The van der Waals surface area contributed by atoms with Crippen molar-refractivity contribution in [1.29, 1.82) is 0 Å². The maximum atomic E-state index is 14.5. The summed E-state index contributed by atoms with van der Waals surface area (Å²) < 4.78 is 23.0. The molecular weight excluding hydrogens is 533 g/mol. The zero-order valence-corrected chi connectivity index (χ0v) is 23.5. The summed E-state index contributed by atoms with van der Waals surface area (Å²) in [4.78, 5) is 19.2. The minimum absolute atomic E-state index is 0.176. The van der Waals surface area contributed by atoms with Crippen LogP contribution in [0.4, 0.5) is 10.3 Å². The number of rotatable bonds is 6. The van der Waals surface area contributed by atoms with Crippen LogP contribution in [0.2, 0.25) is 0 Å². The van der Waals surface area contributed by atoms with Gasteiger partial charge in [-0.05, 0) is 61.4 Å². The fourth-order valence-electron chi connectivity index (χ4n) is 7.81. The first-order valence-electron chi connectivity index (χ1n) is 14.9. The second-order valence-electron chi connectivity index (χ2n) is 12.4. The maximum Gasteiger partial charge on any atom is 0.247 e. The second-order valence-corrected chi connectivity index (χ2v) is 12.4. The highest BCUT2D eigenvalue weighted by molar-refractivity contribution is 5.92. The van der Waals surface area contributed by atoms with E-state index < -0.39 is 6.17 Å². The SMILES string of the molecule is C#Cc1cccc2cc(O)cc(Cn3cnc4c(OC[C@@]56CCCN5C[C@H](F)C6)nc(N5C[C@H]6CC[C@@H](C5)N6)nc43)c12. The fraction of sp³-hybridized carbons (Fsp3) is 0.469. The second kappa shape index (κ2) is 9.82. The molecule has 9 nitrogen and oxygen atoms in total. The minimum atomic E-state index is -0.824. The van der Waals surface area contributed by atoms with Gasteiger partial charge in [0.25, 0.3) is 0 Å². The maximum absolute atomic E-state index is 14.5. The number of alkyl halides is 1. The van der Waals surface area contributed by atoms with E-state index in [0.29, 0.717) is 61.2 Å². The summed E-state index contributed by atoms with van der Waals surface area (Å²) in [6.45, 7) is 3.83. The van der Waals surface area contributed by atoms with E-state index in [1.807, 2.05) is 22.8 Å². The van der Waals surface area contributed by atoms with Gasteiger partial charge in [-0.2, -0.15) is 9.97 Å². The molecule has 2 N–H and O–H groups in total. The first-order valence-corrected chi connectivity index (χ1v) is 14.9. The molecule has 216 valence electrons. The van der Waals surface area contributed by atoms with Crippen LogP contribution in [0, 0.1) is 12.3 Å². The van der Waals surface area contributed by atoms with Gasteiger partial charge in [0.05, 0.1) is 18.4 Å². The van der Waals surface area contributed by atoms with Crippen molar-refractivity contribution >= 4 is 27.9 Å². The Kier molecular flexibility index (Phi) is 6.02. The summed E-state index contributed by atoms with van der Waals surface area (Å²) in [7, 11) is 0. The molecular formula is C32H34FN7O2. The number of piperazine rings is 1. The van der Waals surface area contributed by atoms with Gasteiger partial charge in [0.2, 0.25) is 11.8 Å². The van der Waals surface area contributed by atoms with E-state index in [9.17, 15) is 9.50 Å². The Bertz CT molecular complexity index is 1720. The van der Waals surface area contributed by atoms with Crippen molar-refractivity contribution in [2.75, 3.05) is 37.7 Å². The fourth-order valence-corrected chi connectivity index (χ4v) is 7.81. The first kappa shape index (κ1) is 25.7. The molecule has 4 saturated heterocycles. The number of hydrogen-bond donors (Lipinski definition) is 2. The van der Waals surface area contributed by atoms with Gasteiger partial charge < -0.3 is 24.6 Å². The quantitative estimate of drug-likeness (QED) is 0.342. The van der Waals surface area contributed by atoms with E-state index in [4.69, 9.17) is 26.1 Å². The number of aromatic hydroxyl groups is 1. The highest BCUT2D eigenvalue weighted by atomic mass is 19.1. The molecule has 2 bridgehead atoms. The van der Waals surface area contributed by atoms with Crippen LogP contribution in [0.3, 0.4) is 0 Å². The van der Waals surface area contributed by atoms with Crippen LogP contribution in [-0.4, -0.2) is 86.1 Å². The highest BCUT2D eigenvalue weighted by Crippen LogP contribution is 2.41. The van der Waals surface area contributed by atoms with Crippen LogP contribution in [0.15, 0.2) is 36.7 Å². The molecule has 0 spiro atoms. The number of hydrogen-bond acceptors (Lipinski definition) is 8. The average molecular weight is 568 g/mol. The number of aromatic nitrogens is 4. The molecule has 0 unspecified atom stereocenters. The normalized spacial score (nSPS) is 27.1. The highest BCUT2D eigenvalue weighted by Gasteiger charge is 2.49. The molecule has 2 aromatic heterocycles. The van der Waals surface area contributed by atoms with Gasteiger partial charge in [0.15, 0.2) is 11.2 Å². The summed E-state index contributed by atoms with van der Waals surface area (Å²) in [5, 5.41) is 16.0. The van der Waals surface area contributed by atoms with Gasteiger partial charge in [0, 0.05) is 49.1 Å². The molecule has 4 fully saturated rings. The Morgan fingerprint density at radius 3 is 2.86 bits per heavy atom. The van der Waals surface area contributed by atoms with Gasteiger partial charge in [-0.1, -0.05) is 18.1 Å². The van der Waals surface area contributed by atoms with Crippen molar-refractivity contribution in [1.82, 2.24) is 29.7 Å². The number of ether oxygens (including phenoxy) is 1. The van der Waals surface area contributed by atoms with E-state index in [-0.39, 0.29) is 11.3 Å². The molecule has 8 rings (SSSR count). The van der Waals surface area contributed by atoms with Crippen LogP contribution in [-0.2, 0) is 6.54 Å². The third-order valence-corrected chi connectivity index (χ3v) is 9.70. The molecule has 4 atom stereocenters. The van der Waals surface area contributed by atoms with Gasteiger partial charge in [-0.25, -0.2) is 9.37 Å². The average Bonchev–Trinajstić information content (AvgIpc) is 3.73. The Morgan fingerprint density at radius 2 is 2.02 bits per heavy atom. The van der Waals surface area contributed by atoms with Crippen molar-refractivity contribution in [2.45, 2.75) is 62.4 Å². The van der Waals surface area contributed by atoms with Gasteiger partial charge in [-0.3, -0.25) is 4.90 Å². The summed E-state index contributed by atoms with van der Waals surface area (Å²) in [5.74, 6) is 4.03. The van der Waals surface area contributed by atoms with E-state index in [1.54, 1.807) is 18.5 Å². The number of terminal acetylenes is 1. The van der Waals surface area contributed by atoms with Crippen molar-refractivity contribution in [3.8, 4) is 24.0 Å². The van der Waals surface area contributed by atoms with Gasteiger partial charge >= 0.3 is 0 Å². The minimum Gasteiger partial charge on any atom is -0.508 e. The van der Waals surface area contributed by atoms with Crippen LogP contribution in [0.5, 0.6) is 11.6 Å². The Hall–Kier alpha value is -3.94. The third kappa shape index (κ3) is 4.26. The lowest BCUT2D eigenvalue weighted by Crippen LogP contribution is -2.51. The summed E-state index contributed by atoms with van der Waals surface area (Å²) in [6, 6.07) is 10.1. The predicted molar refractivity (Wildman–Crippen MR) is 159 cm³/mol. The summed E-state index contributed by atoms with van der Waals surface area (Å²) in [6.07, 6.45) is 11.5.